The van der Waals surface area contributed by atoms with Crippen molar-refractivity contribution in [1.29, 1.82) is 0 Å². The first-order valence-corrected chi connectivity index (χ1v) is 6.01. The van der Waals surface area contributed by atoms with Crippen LogP contribution in [0.5, 0.6) is 0 Å². The molecule has 17 heavy (non-hydrogen) atoms. The molecule has 0 heterocycles. The van der Waals surface area contributed by atoms with Gasteiger partial charge in [0.1, 0.15) is 5.60 Å². The van der Waals surface area contributed by atoms with Crippen LogP contribution in [0, 0.1) is 5.92 Å². The second-order valence-corrected chi connectivity index (χ2v) is 5.38. The van der Waals surface area contributed by atoms with Gasteiger partial charge in [0.2, 0.25) is 0 Å². The lowest BCUT2D eigenvalue weighted by molar-refractivity contribution is 0.0503. The third-order valence-corrected chi connectivity index (χ3v) is 2.10. The first kappa shape index (κ1) is 15.9. The molecule has 0 saturated carbocycles. The van der Waals surface area contributed by atoms with Crippen molar-refractivity contribution in [3.63, 3.8) is 0 Å². The van der Waals surface area contributed by atoms with Crippen LogP contribution in [0.1, 0.15) is 48.0 Å². The summed E-state index contributed by atoms with van der Waals surface area (Å²) in [4.78, 5) is 11.6. The maximum atomic E-state index is 13.2. The molecule has 0 aromatic rings. The second-order valence-electron chi connectivity index (χ2n) is 5.38. The molecule has 4 heteroatoms. The summed E-state index contributed by atoms with van der Waals surface area (Å²) < 4.78 is 18.3. The smallest absolute Gasteiger partial charge is 0.408 e. The standard InChI is InChI=1S/C13H24FNO2/c1-7-10(14)8-11(9(2)3)15-12(16)17-13(4,5)6/h8-9,11H,7H2,1-6H3,(H,15,16)/t11-/m1/s1. The van der Waals surface area contributed by atoms with Crippen molar-refractivity contribution in [3.8, 4) is 0 Å². The Labute approximate surface area is 103 Å². The Hall–Kier alpha value is -1.06. The highest BCUT2D eigenvalue weighted by molar-refractivity contribution is 5.68. The summed E-state index contributed by atoms with van der Waals surface area (Å²) >= 11 is 0. The summed E-state index contributed by atoms with van der Waals surface area (Å²) in [6.45, 7) is 10.9. The van der Waals surface area contributed by atoms with E-state index in [0.717, 1.165) is 0 Å². The van der Waals surface area contributed by atoms with E-state index in [1.165, 1.54) is 6.08 Å². The number of nitrogens with one attached hydrogen (secondary N) is 1. The molecule has 0 radical (unpaired) electrons. The van der Waals surface area contributed by atoms with E-state index in [4.69, 9.17) is 4.74 Å². The maximum Gasteiger partial charge on any atom is 0.408 e. The van der Waals surface area contributed by atoms with Crippen molar-refractivity contribution >= 4 is 6.09 Å². The number of alkyl carbamates (subject to hydrolysis) is 1. The molecule has 1 amide bonds. The Kier molecular flexibility index (Phi) is 6.21. The van der Waals surface area contributed by atoms with Crippen LogP contribution in [0.3, 0.4) is 0 Å². The van der Waals surface area contributed by atoms with Gasteiger partial charge in [-0.15, -0.1) is 0 Å². The van der Waals surface area contributed by atoms with Gasteiger partial charge in [-0.1, -0.05) is 20.8 Å². The Morgan fingerprint density at radius 1 is 1.41 bits per heavy atom. The summed E-state index contributed by atoms with van der Waals surface area (Å²) in [6.07, 6.45) is 1.25. The Morgan fingerprint density at radius 3 is 2.29 bits per heavy atom. The number of rotatable bonds is 4. The third kappa shape index (κ3) is 7.77. The van der Waals surface area contributed by atoms with Crippen molar-refractivity contribution in [2.75, 3.05) is 0 Å². The first-order chi connectivity index (χ1) is 7.65. The van der Waals surface area contributed by atoms with E-state index in [9.17, 15) is 9.18 Å². The molecule has 0 unspecified atom stereocenters. The molecule has 0 saturated heterocycles. The van der Waals surface area contributed by atoms with Gasteiger partial charge in [0.25, 0.3) is 0 Å². The highest BCUT2D eigenvalue weighted by Crippen LogP contribution is 2.12. The molecule has 1 atom stereocenters. The van der Waals surface area contributed by atoms with Crippen LogP contribution >= 0.6 is 0 Å². The lowest BCUT2D eigenvalue weighted by Crippen LogP contribution is -2.40. The second kappa shape index (κ2) is 6.62. The van der Waals surface area contributed by atoms with Gasteiger partial charge in [-0.05, 0) is 39.2 Å². The molecule has 100 valence electrons. The largest absolute Gasteiger partial charge is 0.444 e. The quantitative estimate of drug-likeness (QED) is 0.818. The van der Waals surface area contributed by atoms with Gasteiger partial charge < -0.3 is 10.1 Å². The lowest BCUT2D eigenvalue weighted by atomic mass is 10.0. The number of halogens is 1. The first-order valence-electron chi connectivity index (χ1n) is 6.01. The van der Waals surface area contributed by atoms with Crippen LogP contribution in [0.2, 0.25) is 0 Å². The minimum atomic E-state index is -0.543. The minimum absolute atomic E-state index is 0.111. The number of carbonyl (C=O) groups is 1. The Balaban J connectivity index is 4.52. The molecular formula is C13H24FNO2. The van der Waals surface area contributed by atoms with Crippen LogP contribution in [-0.2, 0) is 4.74 Å². The van der Waals surface area contributed by atoms with Crippen LogP contribution < -0.4 is 5.32 Å². The average molecular weight is 245 g/mol. The average Bonchev–Trinajstić information content (AvgIpc) is 2.13. The number of hydrogen-bond donors (Lipinski definition) is 1. The van der Waals surface area contributed by atoms with Gasteiger partial charge in [-0.25, -0.2) is 9.18 Å². The van der Waals surface area contributed by atoms with Crippen molar-refractivity contribution in [2.24, 2.45) is 5.92 Å². The van der Waals surface area contributed by atoms with Gasteiger partial charge in [0, 0.05) is 0 Å². The van der Waals surface area contributed by atoms with Crippen LogP contribution in [0.4, 0.5) is 9.18 Å². The van der Waals surface area contributed by atoms with Crippen molar-refractivity contribution in [3.05, 3.63) is 11.9 Å². The minimum Gasteiger partial charge on any atom is -0.444 e. The fourth-order valence-electron chi connectivity index (χ4n) is 1.16. The molecule has 0 spiro atoms. The van der Waals surface area contributed by atoms with E-state index in [1.807, 2.05) is 13.8 Å². The SMILES string of the molecule is CCC(F)=C[C@@H](NC(=O)OC(C)(C)C)C(C)C. The Bertz CT molecular complexity index is 280. The molecule has 0 aliphatic carbocycles. The van der Waals surface area contributed by atoms with Gasteiger partial charge in [0.15, 0.2) is 0 Å². The van der Waals surface area contributed by atoms with Crippen molar-refractivity contribution in [2.45, 2.75) is 59.6 Å². The Morgan fingerprint density at radius 2 is 1.94 bits per heavy atom. The summed E-state index contributed by atoms with van der Waals surface area (Å²) in [5.74, 6) is -0.112. The zero-order chi connectivity index (χ0) is 13.6. The zero-order valence-corrected chi connectivity index (χ0v) is 11.6. The normalized spacial score (nSPS) is 14.7. The van der Waals surface area contributed by atoms with Crippen molar-refractivity contribution < 1.29 is 13.9 Å². The summed E-state index contributed by atoms with van der Waals surface area (Å²) in [5, 5.41) is 2.66. The van der Waals surface area contributed by atoms with Gasteiger partial charge in [-0.2, -0.15) is 0 Å². The number of carbonyl (C=O) groups excluding carboxylic acids is 1. The molecular weight excluding hydrogens is 221 g/mol. The molecule has 0 aliphatic heterocycles. The number of amides is 1. The van der Waals surface area contributed by atoms with Crippen LogP contribution in [-0.4, -0.2) is 17.7 Å². The molecule has 0 fully saturated rings. The zero-order valence-electron chi connectivity index (χ0n) is 11.6. The van der Waals surface area contributed by atoms with E-state index in [2.05, 4.69) is 5.32 Å². The van der Waals surface area contributed by atoms with Crippen molar-refractivity contribution in [1.82, 2.24) is 5.32 Å². The van der Waals surface area contributed by atoms with Crippen LogP contribution in [0.25, 0.3) is 0 Å². The lowest BCUT2D eigenvalue weighted by Gasteiger charge is -2.24. The molecule has 0 aromatic carbocycles. The molecule has 0 aliphatic rings. The highest BCUT2D eigenvalue weighted by Gasteiger charge is 2.20. The van der Waals surface area contributed by atoms with E-state index >= 15 is 0 Å². The molecule has 0 bridgehead atoms. The fraction of sp³-hybridized carbons (Fsp3) is 0.769. The fourth-order valence-corrected chi connectivity index (χ4v) is 1.16. The van der Waals surface area contributed by atoms with E-state index in [0.29, 0.717) is 6.42 Å². The highest BCUT2D eigenvalue weighted by atomic mass is 19.1. The monoisotopic (exact) mass is 245 g/mol. The number of ether oxygens (including phenoxy) is 1. The van der Waals surface area contributed by atoms with E-state index in [-0.39, 0.29) is 17.8 Å². The number of hydrogen-bond acceptors (Lipinski definition) is 2. The maximum absolute atomic E-state index is 13.2. The predicted molar refractivity (Wildman–Crippen MR) is 67.5 cm³/mol. The molecule has 0 aromatic heterocycles. The number of allylic oxidation sites excluding steroid dienone is 1. The summed E-state index contributed by atoms with van der Waals surface area (Å²) in [6, 6.07) is -0.343. The van der Waals surface area contributed by atoms with E-state index < -0.39 is 11.7 Å². The van der Waals surface area contributed by atoms with Crippen LogP contribution in [0.15, 0.2) is 11.9 Å². The van der Waals surface area contributed by atoms with Gasteiger partial charge >= 0.3 is 6.09 Å². The van der Waals surface area contributed by atoms with Gasteiger partial charge in [0.05, 0.1) is 11.9 Å². The summed E-state index contributed by atoms with van der Waals surface area (Å²) in [7, 11) is 0. The molecule has 1 N–H and O–H groups in total. The topological polar surface area (TPSA) is 38.3 Å². The summed E-state index contributed by atoms with van der Waals surface area (Å²) in [5.41, 5.74) is -0.543. The van der Waals surface area contributed by atoms with E-state index in [1.54, 1.807) is 27.7 Å². The third-order valence-electron chi connectivity index (χ3n) is 2.10. The van der Waals surface area contributed by atoms with Gasteiger partial charge in [-0.3, -0.25) is 0 Å². The molecule has 3 nitrogen and oxygen atoms in total. The predicted octanol–water partition coefficient (Wildman–Crippen LogP) is 3.80. The molecule has 0 rings (SSSR count).